The van der Waals surface area contributed by atoms with Gasteiger partial charge in [-0.05, 0) is 18.1 Å². The summed E-state index contributed by atoms with van der Waals surface area (Å²) in [7, 11) is -0.586. The molecule has 0 amide bonds. The fourth-order valence-corrected chi connectivity index (χ4v) is 3.72. The molecule has 6 nitrogen and oxygen atoms in total. The van der Waals surface area contributed by atoms with Gasteiger partial charge in [-0.2, -0.15) is 0 Å². The monoisotopic (exact) mass is 312 g/mol. The van der Waals surface area contributed by atoms with Crippen LogP contribution in [0.25, 0.3) is 0 Å². The van der Waals surface area contributed by atoms with Crippen LogP contribution >= 0.6 is 0 Å². The van der Waals surface area contributed by atoms with E-state index in [4.69, 9.17) is 0 Å². The molecule has 1 aromatic rings. The average molecular weight is 312 g/mol. The average Bonchev–Trinajstić information content (AvgIpc) is 2.80. The SMILES string of the molecule is C[C@@H]1CN(c2ccccc2S(=O)(=O)N(C)C)C[C@H]1C(=O)O. The molecule has 116 valence electrons. The number of sulfonamides is 1. The van der Waals surface area contributed by atoms with Crippen LogP contribution in [-0.4, -0.2) is 51.0 Å². The maximum atomic E-state index is 12.4. The van der Waals surface area contributed by atoms with E-state index in [0.717, 1.165) is 0 Å². The van der Waals surface area contributed by atoms with E-state index in [1.165, 1.54) is 18.4 Å². The predicted octanol–water partition coefficient (Wildman–Crippen LogP) is 1.09. The van der Waals surface area contributed by atoms with E-state index in [0.29, 0.717) is 18.8 Å². The van der Waals surface area contributed by atoms with Crippen molar-refractivity contribution in [2.75, 3.05) is 32.1 Å². The van der Waals surface area contributed by atoms with Gasteiger partial charge >= 0.3 is 5.97 Å². The van der Waals surface area contributed by atoms with Crippen LogP contribution in [0.1, 0.15) is 6.92 Å². The van der Waals surface area contributed by atoms with Crippen molar-refractivity contribution < 1.29 is 18.3 Å². The van der Waals surface area contributed by atoms with Crippen molar-refractivity contribution in [1.82, 2.24) is 4.31 Å². The van der Waals surface area contributed by atoms with Crippen LogP contribution in [-0.2, 0) is 14.8 Å². The third-order valence-corrected chi connectivity index (χ3v) is 5.76. The van der Waals surface area contributed by atoms with Gasteiger partial charge < -0.3 is 10.0 Å². The van der Waals surface area contributed by atoms with E-state index in [1.807, 2.05) is 11.8 Å². The number of hydrogen-bond acceptors (Lipinski definition) is 4. The van der Waals surface area contributed by atoms with E-state index >= 15 is 0 Å². The lowest BCUT2D eigenvalue weighted by atomic mass is 9.99. The minimum Gasteiger partial charge on any atom is -0.481 e. The number of benzene rings is 1. The second kappa shape index (κ2) is 5.65. The van der Waals surface area contributed by atoms with Crippen LogP contribution in [0.3, 0.4) is 0 Å². The van der Waals surface area contributed by atoms with E-state index in [-0.39, 0.29) is 10.8 Å². The van der Waals surface area contributed by atoms with Crippen molar-refractivity contribution in [1.29, 1.82) is 0 Å². The summed E-state index contributed by atoms with van der Waals surface area (Å²) < 4.78 is 25.9. The van der Waals surface area contributed by atoms with E-state index in [1.54, 1.807) is 24.3 Å². The fraction of sp³-hybridized carbons (Fsp3) is 0.500. The molecule has 0 radical (unpaired) electrons. The normalized spacial score (nSPS) is 22.8. The summed E-state index contributed by atoms with van der Waals surface area (Å²) in [5, 5.41) is 9.21. The summed E-state index contributed by atoms with van der Waals surface area (Å²) in [6, 6.07) is 6.73. The van der Waals surface area contributed by atoms with E-state index in [2.05, 4.69) is 0 Å². The van der Waals surface area contributed by atoms with Gasteiger partial charge in [0.2, 0.25) is 10.0 Å². The zero-order valence-electron chi connectivity index (χ0n) is 12.4. The highest BCUT2D eigenvalue weighted by molar-refractivity contribution is 7.89. The molecule has 21 heavy (non-hydrogen) atoms. The summed E-state index contributed by atoms with van der Waals surface area (Å²) in [6.45, 7) is 2.75. The Balaban J connectivity index is 2.41. The van der Waals surface area contributed by atoms with Crippen LogP contribution < -0.4 is 4.90 Å². The van der Waals surface area contributed by atoms with Gasteiger partial charge in [-0.25, -0.2) is 12.7 Å². The molecule has 1 N–H and O–H groups in total. The molecule has 1 saturated heterocycles. The van der Waals surface area contributed by atoms with Crippen molar-refractivity contribution >= 4 is 21.7 Å². The van der Waals surface area contributed by atoms with Gasteiger partial charge in [0.1, 0.15) is 4.90 Å². The molecule has 0 saturated carbocycles. The largest absolute Gasteiger partial charge is 0.481 e. The molecular weight excluding hydrogens is 292 g/mol. The third kappa shape index (κ3) is 2.89. The first-order valence-corrected chi connectivity index (χ1v) is 8.18. The molecule has 7 heteroatoms. The van der Waals surface area contributed by atoms with Crippen LogP contribution in [0.15, 0.2) is 29.2 Å². The zero-order valence-corrected chi connectivity index (χ0v) is 13.2. The molecule has 1 aromatic carbocycles. The van der Waals surface area contributed by atoms with Crippen LogP contribution in [0.2, 0.25) is 0 Å². The van der Waals surface area contributed by atoms with Crippen molar-refractivity contribution in [3.63, 3.8) is 0 Å². The van der Waals surface area contributed by atoms with Gasteiger partial charge in [0, 0.05) is 27.2 Å². The number of aliphatic carboxylic acids is 1. The lowest BCUT2D eigenvalue weighted by Crippen LogP contribution is -2.27. The van der Waals surface area contributed by atoms with Crippen LogP contribution in [0.5, 0.6) is 0 Å². The Morgan fingerprint density at radius 3 is 2.43 bits per heavy atom. The molecular formula is C14H20N2O4S. The Hall–Kier alpha value is -1.60. The van der Waals surface area contributed by atoms with Crippen molar-refractivity contribution in [2.24, 2.45) is 11.8 Å². The highest BCUT2D eigenvalue weighted by atomic mass is 32.2. The Labute approximate surface area is 125 Å². The molecule has 0 aromatic heterocycles. The Bertz CT molecular complexity index is 642. The van der Waals surface area contributed by atoms with Crippen molar-refractivity contribution in [3.05, 3.63) is 24.3 Å². The second-order valence-electron chi connectivity index (χ2n) is 5.58. The standard InChI is InChI=1S/C14H20N2O4S/c1-10-8-16(9-11(10)14(17)18)12-6-4-5-7-13(12)21(19,20)15(2)3/h4-7,10-11H,8-9H2,1-3H3,(H,17,18)/t10-,11-/m1/s1. The lowest BCUT2D eigenvalue weighted by Gasteiger charge is -2.23. The predicted molar refractivity (Wildman–Crippen MR) is 79.8 cm³/mol. The number of carbonyl (C=O) groups is 1. The maximum absolute atomic E-state index is 12.4. The molecule has 0 unspecified atom stereocenters. The third-order valence-electron chi connectivity index (χ3n) is 3.89. The van der Waals surface area contributed by atoms with Gasteiger partial charge in [0.15, 0.2) is 0 Å². The number of carboxylic acid groups (broad SMARTS) is 1. The quantitative estimate of drug-likeness (QED) is 0.900. The van der Waals surface area contributed by atoms with Crippen molar-refractivity contribution in [2.45, 2.75) is 11.8 Å². The van der Waals surface area contributed by atoms with Gasteiger partial charge in [-0.1, -0.05) is 19.1 Å². The van der Waals surface area contributed by atoms with Crippen LogP contribution in [0.4, 0.5) is 5.69 Å². The maximum Gasteiger partial charge on any atom is 0.308 e. The first kappa shape index (κ1) is 15.8. The molecule has 1 heterocycles. The molecule has 2 rings (SSSR count). The number of nitrogens with zero attached hydrogens (tertiary/aromatic N) is 2. The van der Waals surface area contributed by atoms with Crippen molar-refractivity contribution in [3.8, 4) is 0 Å². The molecule has 1 aliphatic heterocycles. The summed E-state index contributed by atoms with van der Waals surface area (Å²) in [5.41, 5.74) is 0.571. The summed E-state index contributed by atoms with van der Waals surface area (Å²) in [5.74, 6) is -1.32. The molecule has 0 bridgehead atoms. The highest BCUT2D eigenvalue weighted by Crippen LogP contribution is 2.33. The van der Waals surface area contributed by atoms with E-state index in [9.17, 15) is 18.3 Å². The first-order chi connectivity index (χ1) is 9.75. The number of rotatable bonds is 4. The molecule has 0 spiro atoms. The Morgan fingerprint density at radius 2 is 1.90 bits per heavy atom. The first-order valence-electron chi connectivity index (χ1n) is 6.74. The Morgan fingerprint density at radius 1 is 1.29 bits per heavy atom. The number of hydrogen-bond donors (Lipinski definition) is 1. The minimum absolute atomic E-state index is 0.0161. The number of anilines is 1. The minimum atomic E-state index is -3.56. The molecule has 2 atom stereocenters. The summed E-state index contributed by atoms with van der Waals surface area (Å²) in [6.07, 6.45) is 0. The van der Waals surface area contributed by atoms with E-state index < -0.39 is 21.9 Å². The molecule has 1 fully saturated rings. The van der Waals surface area contributed by atoms with Crippen LogP contribution in [0, 0.1) is 11.8 Å². The smallest absolute Gasteiger partial charge is 0.308 e. The van der Waals surface area contributed by atoms with Gasteiger partial charge in [0.05, 0.1) is 11.6 Å². The van der Waals surface area contributed by atoms with Gasteiger partial charge in [-0.15, -0.1) is 0 Å². The number of para-hydroxylation sites is 1. The Kier molecular flexibility index (Phi) is 4.25. The molecule has 0 aliphatic carbocycles. The topological polar surface area (TPSA) is 77.9 Å². The second-order valence-corrected chi connectivity index (χ2v) is 7.70. The van der Waals surface area contributed by atoms with Gasteiger partial charge in [-0.3, -0.25) is 4.79 Å². The summed E-state index contributed by atoms with van der Waals surface area (Å²) >= 11 is 0. The number of carboxylic acids is 1. The zero-order chi connectivity index (χ0) is 15.8. The fourth-order valence-electron chi connectivity index (χ4n) is 2.62. The van der Waals surface area contributed by atoms with Gasteiger partial charge in [0.25, 0.3) is 0 Å². The highest BCUT2D eigenvalue weighted by Gasteiger charge is 2.36. The molecule has 1 aliphatic rings. The summed E-state index contributed by atoms with van der Waals surface area (Å²) in [4.78, 5) is 13.3. The lowest BCUT2D eigenvalue weighted by molar-refractivity contribution is -0.142.